The summed E-state index contributed by atoms with van der Waals surface area (Å²) < 4.78 is 6.63. The molecule has 0 aromatic carbocycles. The first kappa shape index (κ1) is 14.9. The SMILES string of the molecule is CCCn1nc(C)c([N+](=O)[O-])c1CC(Cl)COC. The quantitative estimate of drug-likeness (QED) is 0.435. The van der Waals surface area contributed by atoms with E-state index in [1.165, 1.54) is 0 Å². The number of nitrogens with zero attached hydrogens (tertiary/aromatic N) is 3. The Bertz CT molecular complexity index is 420. The predicted molar refractivity (Wildman–Crippen MR) is 69.1 cm³/mol. The zero-order chi connectivity index (χ0) is 13.7. The Morgan fingerprint density at radius 2 is 2.28 bits per heavy atom. The normalized spacial score (nSPS) is 12.7. The molecule has 102 valence electrons. The van der Waals surface area contributed by atoms with E-state index < -0.39 is 0 Å². The molecule has 0 aliphatic rings. The number of hydrogen-bond donors (Lipinski definition) is 0. The Kier molecular flexibility index (Phi) is 5.55. The molecule has 0 bridgehead atoms. The summed E-state index contributed by atoms with van der Waals surface area (Å²) in [5, 5.41) is 15.0. The zero-order valence-electron chi connectivity index (χ0n) is 10.9. The number of nitro groups is 1. The lowest BCUT2D eigenvalue weighted by atomic mass is 10.2. The fourth-order valence-electron chi connectivity index (χ4n) is 1.91. The highest BCUT2D eigenvalue weighted by Gasteiger charge is 2.26. The maximum Gasteiger partial charge on any atom is 0.313 e. The number of methoxy groups -OCH3 is 1. The van der Waals surface area contributed by atoms with Crippen molar-refractivity contribution in [3.05, 3.63) is 21.5 Å². The summed E-state index contributed by atoms with van der Waals surface area (Å²) in [4.78, 5) is 10.7. The fourth-order valence-corrected chi connectivity index (χ4v) is 2.18. The molecule has 0 aliphatic heterocycles. The third-order valence-corrected chi connectivity index (χ3v) is 2.86. The van der Waals surface area contributed by atoms with E-state index in [4.69, 9.17) is 16.3 Å². The Morgan fingerprint density at radius 1 is 1.61 bits per heavy atom. The molecule has 0 radical (unpaired) electrons. The second-order valence-electron chi connectivity index (χ2n) is 4.12. The van der Waals surface area contributed by atoms with Gasteiger partial charge in [-0.1, -0.05) is 6.92 Å². The lowest BCUT2D eigenvalue weighted by Crippen LogP contribution is -2.15. The number of ether oxygens (including phenoxy) is 1. The average Bonchev–Trinajstić information content (AvgIpc) is 2.56. The van der Waals surface area contributed by atoms with Gasteiger partial charge in [0.1, 0.15) is 11.4 Å². The Morgan fingerprint density at radius 3 is 2.78 bits per heavy atom. The molecule has 1 aromatic rings. The first-order valence-electron chi connectivity index (χ1n) is 5.84. The minimum Gasteiger partial charge on any atom is -0.383 e. The van der Waals surface area contributed by atoms with E-state index in [0.717, 1.165) is 6.42 Å². The summed E-state index contributed by atoms with van der Waals surface area (Å²) in [5.74, 6) is 0. The van der Waals surface area contributed by atoms with E-state index in [1.807, 2.05) is 6.92 Å². The molecule has 6 nitrogen and oxygen atoms in total. The maximum atomic E-state index is 11.1. The van der Waals surface area contributed by atoms with Crippen LogP contribution in [0.3, 0.4) is 0 Å². The number of hydrogen-bond acceptors (Lipinski definition) is 4. The van der Waals surface area contributed by atoms with E-state index >= 15 is 0 Å². The van der Waals surface area contributed by atoms with E-state index in [1.54, 1.807) is 18.7 Å². The van der Waals surface area contributed by atoms with Crippen molar-refractivity contribution < 1.29 is 9.66 Å². The Hall–Kier alpha value is -1.14. The van der Waals surface area contributed by atoms with E-state index in [9.17, 15) is 10.1 Å². The van der Waals surface area contributed by atoms with Gasteiger partial charge in [-0.05, 0) is 13.3 Å². The van der Waals surface area contributed by atoms with Crippen molar-refractivity contribution in [2.24, 2.45) is 0 Å². The standard InChI is InChI=1S/C11H18ClN3O3/c1-4-5-14-10(6-9(12)7-18-3)11(15(16)17)8(2)13-14/h9H,4-7H2,1-3H3. The lowest BCUT2D eigenvalue weighted by Gasteiger charge is -2.09. The third-order valence-electron chi connectivity index (χ3n) is 2.58. The van der Waals surface area contributed by atoms with Crippen LogP contribution in [0.5, 0.6) is 0 Å². The summed E-state index contributed by atoms with van der Waals surface area (Å²) in [6.45, 7) is 4.66. The third kappa shape index (κ3) is 3.43. The topological polar surface area (TPSA) is 70.2 Å². The van der Waals surface area contributed by atoms with Crippen LogP contribution in [-0.4, -0.2) is 33.8 Å². The van der Waals surface area contributed by atoms with Gasteiger partial charge in [0.2, 0.25) is 0 Å². The summed E-state index contributed by atoms with van der Waals surface area (Å²) in [6.07, 6.45) is 1.25. The summed E-state index contributed by atoms with van der Waals surface area (Å²) in [6, 6.07) is 0. The van der Waals surface area contributed by atoms with Crippen molar-refractivity contribution in [1.29, 1.82) is 0 Å². The van der Waals surface area contributed by atoms with Crippen LogP contribution in [0, 0.1) is 17.0 Å². The summed E-state index contributed by atoms with van der Waals surface area (Å²) >= 11 is 6.08. The molecule has 1 aromatic heterocycles. The van der Waals surface area contributed by atoms with Crippen LogP contribution in [0.25, 0.3) is 0 Å². The second kappa shape index (κ2) is 6.70. The van der Waals surface area contributed by atoms with E-state index in [-0.39, 0.29) is 16.0 Å². The summed E-state index contributed by atoms with van der Waals surface area (Å²) in [7, 11) is 1.55. The zero-order valence-corrected chi connectivity index (χ0v) is 11.6. The fraction of sp³-hybridized carbons (Fsp3) is 0.727. The molecule has 7 heteroatoms. The van der Waals surface area contributed by atoms with Crippen LogP contribution < -0.4 is 0 Å². The van der Waals surface area contributed by atoms with Crippen LogP contribution in [0.4, 0.5) is 5.69 Å². The minimum absolute atomic E-state index is 0.0743. The molecule has 1 unspecified atom stereocenters. The van der Waals surface area contributed by atoms with Crippen LogP contribution >= 0.6 is 11.6 Å². The van der Waals surface area contributed by atoms with Gasteiger partial charge in [-0.15, -0.1) is 11.6 Å². The molecule has 0 aliphatic carbocycles. The smallest absolute Gasteiger partial charge is 0.313 e. The molecule has 1 rings (SSSR count). The molecular weight excluding hydrogens is 258 g/mol. The first-order valence-corrected chi connectivity index (χ1v) is 6.28. The lowest BCUT2D eigenvalue weighted by molar-refractivity contribution is -0.386. The van der Waals surface area contributed by atoms with Gasteiger partial charge < -0.3 is 4.74 Å². The van der Waals surface area contributed by atoms with Crippen molar-refractivity contribution in [3.63, 3.8) is 0 Å². The highest BCUT2D eigenvalue weighted by Crippen LogP contribution is 2.25. The monoisotopic (exact) mass is 275 g/mol. The molecule has 0 spiro atoms. The molecule has 18 heavy (non-hydrogen) atoms. The minimum atomic E-state index is -0.389. The molecule has 1 atom stereocenters. The van der Waals surface area contributed by atoms with Gasteiger partial charge in [0, 0.05) is 20.1 Å². The summed E-state index contributed by atoms with van der Waals surface area (Å²) in [5.41, 5.74) is 1.09. The van der Waals surface area contributed by atoms with Gasteiger partial charge in [-0.2, -0.15) is 5.10 Å². The molecule has 0 amide bonds. The van der Waals surface area contributed by atoms with Gasteiger partial charge >= 0.3 is 5.69 Å². The molecular formula is C11H18ClN3O3. The van der Waals surface area contributed by atoms with Crippen LogP contribution in [0.2, 0.25) is 0 Å². The van der Waals surface area contributed by atoms with Gasteiger partial charge in [-0.3, -0.25) is 14.8 Å². The van der Waals surface area contributed by atoms with Crippen molar-refractivity contribution >= 4 is 17.3 Å². The number of halogens is 1. The van der Waals surface area contributed by atoms with Gasteiger partial charge in [0.25, 0.3) is 0 Å². The van der Waals surface area contributed by atoms with E-state index in [2.05, 4.69) is 5.10 Å². The number of alkyl halides is 1. The molecule has 0 N–H and O–H groups in total. The largest absolute Gasteiger partial charge is 0.383 e. The number of aryl methyl sites for hydroxylation is 2. The van der Waals surface area contributed by atoms with Crippen molar-refractivity contribution in [2.75, 3.05) is 13.7 Å². The van der Waals surface area contributed by atoms with Crippen molar-refractivity contribution in [1.82, 2.24) is 9.78 Å². The van der Waals surface area contributed by atoms with Crippen LogP contribution in [0.1, 0.15) is 24.7 Å². The molecule has 0 fully saturated rings. The number of aromatic nitrogens is 2. The van der Waals surface area contributed by atoms with Crippen molar-refractivity contribution in [2.45, 2.75) is 38.6 Å². The maximum absolute atomic E-state index is 11.1. The highest BCUT2D eigenvalue weighted by molar-refractivity contribution is 6.20. The van der Waals surface area contributed by atoms with Crippen LogP contribution in [0.15, 0.2) is 0 Å². The Labute approximate surface area is 111 Å². The number of rotatable bonds is 7. The molecule has 1 heterocycles. The predicted octanol–water partition coefficient (Wildman–Crippen LogP) is 2.31. The van der Waals surface area contributed by atoms with Gasteiger partial charge in [-0.25, -0.2) is 0 Å². The van der Waals surface area contributed by atoms with E-state index in [0.29, 0.717) is 31.0 Å². The first-order chi connectivity index (χ1) is 8.51. The van der Waals surface area contributed by atoms with Gasteiger partial charge in [0.15, 0.2) is 0 Å². The van der Waals surface area contributed by atoms with Gasteiger partial charge in [0.05, 0.1) is 16.9 Å². The average molecular weight is 276 g/mol. The molecule has 0 saturated heterocycles. The molecule has 0 saturated carbocycles. The van der Waals surface area contributed by atoms with Crippen molar-refractivity contribution in [3.8, 4) is 0 Å². The highest BCUT2D eigenvalue weighted by atomic mass is 35.5. The van der Waals surface area contributed by atoms with Crippen LogP contribution in [-0.2, 0) is 17.7 Å². The Balaban J connectivity index is 3.07. The second-order valence-corrected chi connectivity index (χ2v) is 4.73.